The van der Waals surface area contributed by atoms with Crippen molar-refractivity contribution in [1.29, 1.82) is 0 Å². The zero-order valence-electron chi connectivity index (χ0n) is 30.4. The molecule has 54 heavy (non-hydrogen) atoms. The standard InChI is InChI=1S/C52H42N2/c1-4-18-37(19-5-1)43-30-15-20-38-21-16-32-46(51(38)43)45-28-10-12-33-48(45)53(40-23-6-2-7-24-40)42-27-14-22-39(36-42)44-31-17-35-50-52(44)47-29-11-13-34-49(47)54(50)41-25-8-3-9-26-41/h2-3,6-17,20-37H,1,4-5,18-19H2. The van der Waals surface area contributed by atoms with E-state index in [-0.39, 0.29) is 0 Å². The monoisotopic (exact) mass is 694 g/mol. The Kier molecular flexibility index (Phi) is 8.30. The van der Waals surface area contributed by atoms with E-state index in [0.29, 0.717) is 5.92 Å². The SMILES string of the molecule is c1ccc(N(c2cccc(-c3cccc4c3c3ccccc3n4-c3ccccc3)c2)c2ccccc2-c2cccc3cccc(C4CCCCC4)c23)cc1. The average molecular weight is 695 g/mol. The minimum atomic E-state index is 0.605. The maximum absolute atomic E-state index is 2.45. The molecule has 0 spiro atoms. The molecule has 2 nitrogen and oxygen atoms in total. The van der Waals surface area contributed by atoms with Crippen LogP contribution < -0.4 is 4.90 Å². The van der Waals surface area contributed by atoms with Crippen LogP contribution in [0.3, 0.4) is 0 Å². The molecule has 10 rings (SSSR count). The first-order chi connectivity index (χ1) is 26.8. The van der Waals surface area contributed by atoms with Crippen molar-refractivity contribution >= 4 is 49.6 Å². The maximum Gasteiger partial charge on any atom is 0.0547 e. The molecule has 0 bridgehead atoms. The fourth-order valence-corrected chi connectivity index (χ4v) is 9.18. The van der Waals surface area contributed by atoms with Crippen molar-refractivity contribution in [2.24, 2.45) is 0 Å². The molecule has 0 atom stereocenters. The second-order valence-electron chi connectivity index (χ2n) is 14.7. The lowest BCUT2D eigenvalue weighted by Crippen LogP contribution is -2.11. The van der Waals surface area contributed by atoms with E-state index in [1.54, 1.807) is 0 Å². The van der Waals surface area contributed by atoms with Crippen LogP contribution in [0.1, 0.15) is 43.6 Å². The van der Waals surface area contributed by atoms with Crippen LogP contribution in [0.25, 0.3) is 60.5 Å². The van der Waals surface area contributed by atoms with Crippen LogP contribution >= 0.6 is 0 Å². The van der Waals surface area contributed by atoms with Gasteiger partial charge in [-0.1, -0.05) is 153 Å². The minimum absolute atomic E-state index is 0.605. The Morgan fingerprint density at radius 3 is 1.93 bits per heavy atom. The van der Waals surface area contributed by atoms with Crippen LogP contribution in [0.4, 0.5) is 17.1 Å². The Labute approximate surface area is 317 Å². The zero-order chi connectivity index (χ0) is 35.8. The van der Waals surface area contributed by atoms with Gasteiger partial charge in [-0.15, -0.1) is 0 Å². The van der Waals surface area contributed by atoms with Gasteiger partial charge in [0.1, 0.15) is 0 Å². The molecule has 0 saturated heterocycles. The van der Waals surface area contributed by atoms with E-state index >= 15 is 0 Å². The smallest absolute Gasteiger partial charge is 0.0547 e. The summed E-state index contributed by atoms with van der Waals surface area (Å²) in [5, 5.41) is 5.25. The molecule has 1 aliphatic carbocycles. The highest BCUT2D eigenvalue weighted by atomic mass is 15.1. The van der Waals surface area contributed by atoms with Gasteiger partial charge >= 0.3 is 0 Å². The van der Waals surface area contributed by atoms with Gasteiger partial charge in [0.25, 0.3) is 0 Å². The molecule has 0 aliphatic heterocycles. The highest BCUT2D eigenvalue weighted by Gasteiger charge is 2.23. The quantitative estimate of drug-likeness (QED) is 0.161. The third-order valence-electron chi connectivity index (χ3n) is 11.6. The largest absolute Gasteiger partial charge is 0.310 e. The van der Waals surface area contributed by atoms with Crippen molar-refractivity contribution in [3.05, 3.63) is 194 Å². The Morgan fingerprint density at radius 1 is 0.444 bits per heavy atom. The third kappa shape index (κ3) is 5.58. The van der Waals surface area contributed by atoms with E-state index in [9.17, 15) is 0 Å². The second-order valence-corrected chi connectivity index (χ2v) is 14.7. The molecule has 8 aromatic carbocycles. The van der Waals surface area contributed by atoms with Gasteiger partial charge in [-0.25, -0.2) is 0 Å². The number of hydrogen-bond acceptors (Lipinski definition) is 1. The van der Waals surface area contributed by atoms with Gasteiger partial charge < -0.3 is 9.47 Å². The number of hydrogen-bond donors (Lipinski definition) is 0. The summed E-state index contributed by atoms with van der Waals surface area (Å²) in [4.78, 5) is 2.45. The highest BCUT2D eigenvalue weighted by Crippen LogP contribution is 2.47. The van der Waals surface area contributed by atoms with Gasteiger partial charge in [-0.2, -0.15) is 0 Å². The van der Waals surface area contributed by atoms with Gasteiger partial charge in [0.2, 0.25) is 0 Å². The fraction of sp³-hybridized carbons (Fsp3) is 0.115. The molecule has 2 heteroatoms. The molecule has 260 valence electrons. The summed E-state index contributed by atoms with van der Waals surface area (Å²) in [6.07, 6.45) is 6.53. The molecule has 1 saturated carbocycles. The van der Waals surface area contributed by atoms with E-state index in [4.69, 9.17) is 0 Å². The topological polar surface area (TPSA) is 8.17 Å². The predicted octanol–water partition coefficient (Wildman–Crippen LogP) is 14.8. The minimum Gasteiger partial charge on any atom is -0.310 e. The zero-order valence-corrected chi connectivity index (χ0v) is 30.4. The molecule has 0 unspecified atom stereocenters. The van der Waals surface area contributed by atoms with Crippen molar-refractivity contribution in [2.75, 3.05) is 4.90 Å². The molecule has 9 aromatic rings. The van der Waals surface area contributed by atoms with Crippen molar-refractivity contribution in [3.8, 4) is 27.9 Å². The summed E-state index contributed by atoms with van der Waals surface area (Å²) in [5.41, 5.74) is 13.5. The number of fused-ring (bicyclic) bond motifs is 4. The molecule has 1 fully saturated rings. The second kappa shape index (κ2) is 13.9. The van der Waals surface area contributed by atoms with E-state index in [1.165, 1.54) is 104 Å². The van der Waals surface area contributed by atoms with Crippen molar-refractivity contribution in [1.82, 2.24) is 4.57 Å². The number of anilines is 3. The summed E-state index contributed by atoms with van der Waals surface area (Å²) in [7, 11) is 0. The van der Waals surface area contributed by atoms with Crippen molar-refractivity contribution in [3.63, 3.8) is 0 Å². The average Bonchev–Trinajstić information content (AvgIpc) is 3.59. The lowest BCUT2D eigenvalue weighted by atomic mass is 9.80. The molecule has 0 N–H and O–H groups in total. The number of nitrogens with zero attached hydrogens (tertiary/aromatic N) is 2. The lowest BCUT2D eigenvalue weighted by molar-refractivity contribution is 0.445. The van der Waals surface area contributed by atoms with E-state index in [2.05, 4.69) is 198 Å². The molecule has 0 amide bonds. The van der Waals surface area contributed by atoms with Crippen LogP contribution in [0, 0.1) is 0 Å². The van der Waals surface area contributed by atoms with Crippen LogP contribution in [-0.2, 0) is 0 Å². The number of para-hydroxylation sites is 4. The van der Waals surface area contributed by atoms with Gasteiger partial charge in [-0.05, 0) is 106 Å². The van der Waals surface area contributed by atoms with Gasteiger partial charge in [0, 0.05) is 33.4 Å². The molecular weight excluding hydrogens is 653 g/mol. The van der Waals surface area contributed by atoms with E-state index in [0.717, 1.165) is 11.4 Å². The van der Waals surface area contributed by atoms with E-state index in [1.807, 2.05) is 0 Å². The number of aromatic nitrogens is 1. The molecule has 1 aromatic heterocycles. The summed E-state index contributed by atoms with van der Waals surface area (Å²) >= 11 is 0. The first kappa shape index (κ1) is 32.3. The van der Waals surface area contributed by atoms with Crippen LogP contribution in [0.5, 0.6) is 0 Å². The van der Waals surface area contributed by atoms with E-state index < -0.39 is 0 Å². The molecule has 0 radical (unpaired) electrons. The fourth-order valence-electron chi connectivity index (χ4n) is 9.18. The summed E-state index contributed by atoms with van der Waals surface area (Å²) in [6.45, 7) is 0. The normalized spacial score (nSPS) is 13.5. The summed E-state index contributed by atoms with van der Waals surface area (Å²) < 4.78 is 2.40. The highest BCUT2D eigenvalue weighted by molar-refractivity contribution is 6.16. The predicted molar refractivity (Wildman–Crippen MR) is 230 cm³/mol. The van der Waals surface area contributed by atoms with Gasteiger partial charge in [-0.3, -0.25) is 0 Å². The Bertz CT molecular complexity index is 2750. The van der Waals surface area contributed by atoms with Gasteiger partial charge in [0.15, 0.2) is 0 Å². The number of benzene rings is 8. The Morgan fingerprint density at radius 2 is 1.07 bits per heavy atom. The van der Waals surface area contributed by atoms with Crippen molar-refractivity contribution in [2.45, 2.75) is 38.0 Å². The lowest BCUT2D eigenvalue weighted by Gasteiger charge is -2.29. The molecule has 1 aliphatic rings. The molecular formula is C52H42N2. The summed E-state index contributed by atoms with van der Waals surface area (Å²) in [5.74, 6) is 0.605. The van der Waals surface area contributed by atoms with Crippen LogP contribution in [0.2, 0.25) is 0 Å². The third-order valence-corrected chi connectivity index (χ3v) is 11.6. The Hall–Kier alpha value is -6.38. The first-order valence-corrected chi connectivity index (χ1v) is 19.5. The van der Waals surface area contributed by atoms with Gasteiger partial charge in [0.05, 0.1) is 16.7 Å². The Balaban J connectivity index is 1.17. The van der Waals surface area contributed by atoms with Crippen molar-refractivity contribution < 1.29 is 0 Å². The first-order valence-electron chi connectivity index (χ1n) is 19.5. The molecule has 1 heterocycles. The summed E-state index contributed by atoms with van der Waals surface area (Å²) in [6, 6.07) is 69.1. The van der Waals surface area contributed by atoms with Crippen LogP contribution in [0.15, 0.2) is 188 Å². The maximum atomic E-state index is 2.45. The van der Waals surface area contributed by atoms with Crippen LogP contribution in [-0.4, -0.2) is 4.57 Å². The number of rotatable bonds is 7.